The summed E-state index contributed by atoms with van der Waals surface area (Å²) in [4.78, 5) is 31.0. The lowest BCUT2D eigenvalue weighted by molar-refractivity contribution is 0.0178. The Morgan fingerprint density at radius 3 is 2.25 bits per heavy atom. The van der Waals surface area contributed by atoms with Gasteiger partial charge in [0.15, 0.2) is 5.13 Å². The predicted molar refractivity (Wildman–Crippen MR) is 157 cm³/mol. The molecule has 0 spiro atoms. The van der Waals surface area contributed by atoms with Crippen molar-refractivity contribution < 1.29 is 19.1 Å². The van der Waals surface area contributed by atoms with Crippen molar-refractivity contribution in [3.05, 3.63) is 119 Å². The summed E-state index contributed by atoms with van der Waals surface area (Å²) < 4.78 is 11.4. The van der Waals surface area contributed by atoms with E-state index in [-0.39, 0.29) is 22.5 Å². The van der Waals surface area contributed by atoms with E-state index < -0.39 is 23.7 Å². The molecule has 0 saturated heterocycles. The van der Waals surface area contributed by atoms with Crippen molar-refractivity contribution >= 4 is 28.5 Å². The van der Waals surface area contributed by atoms with Gasteiger partial charge in [-0.2, -0.15) is 0 Å². The van der Waals surface area contributed by atoms with Crippen LogP contribution in [-0.2, 0) is 15.9 Å². The highest BCUT2D eigenvalue weighted by Gasteiger charge is 2.32. The van der Waals surface area contributed by atoms with Crippen LogP contribution in [0.25, 0.3) is 11.1 Å². The Balaban J connectivity index is 1.38. The molecule has 1 atom stereocenters. The fourth-order valence-electron chi connectivity index (χ4n) is 4.91. The van der Waals surface area contributed by atoms with Crippen LogP contribution < -0.4 is 11.1 Å². The minimum absolute atomic E-state index is 0.0766. The highest BCUT2D eigenvalue weighted by Crippen LogP contribution is 2.44. The second kappa shape index (κ2) is 11.4. The second-order valence-corrected chi connectivity index (χ2v) is 11.2. The summed E-state index contributed by atoms with van der Waals surface area (Å²) in [5.41, 5.74) is 11.0. The molecule has 3 aromatic carbocycles. The number of amides is 1. The molecule has 204 valence electrons. The number of nitrogens with one attached hydrogen (secondary N) is 1. The average Bonchev–Trinajstić information content (AvgIpc) is 3.50. The van der Waals surface area contributed by atoms with Gasteiger partial charge in [-0.05, 0) is 54.2 Å². The van der Waals surface area contributed by atoms with E-state index in [0.717, 1.165) is 39.2 Å². The molecule has 1 heterocycles. The first kappa shape index (κ1) is 27.1. The zero-order chi connectivity index (χ0) is 28.3. The number of nitrogens with two attached hydrogens (primary N) is 1. The molecular formula is C32H31N3O4S. The molecule has 5 rings (SSSR count). The number of esters is 1. The minimum atomic E-state index is -0.887. The van der Waals surface area contributed by atoms with E-state index in [2.05, 4.69) is 41.1 Å². The van der Waals surface area contributed by atoms with E-state index in [1.165, 1.54) is 0 Å². The van der Waals surface area contributed by atoms with Crippen molar-refractivity contribution in [2.45, 2.75) is 37.8 Å². The number of hydrogen-bond donors (Lipinski definition) is 2. The lowest BCUT2D eigenvalue weighted by Gasteiger charge is -2.22. The van der Waals surface area contributed by atoms with Gasteiger partial charge in [-0.25, -0.2) is 14.6 Å². The Kier molecular flexibility index (Phi) is 7.71. The fraction of sp³-hybridized carbons (Fsp3) is 0.219. The van der Waals surface area contributed by atoms with E-state index in [4.69, 9.17) is 15.2 Å². The maximum Gasteiger partial charge on any atom is 0.407 e. The molecule has 4 aromatic rings. The lowest BCUT2D eigenvalue weighted by atomic mass is 9.98. The normalized spacial score (nSPS) is 13.2. The van der Waals surface area contributed by atoms with Gasteiger partial charge >= 0.3 is 12.1 Å². The van der Waals surface area contributed by atoms with Crippen molar-refractivity contribution in [3.63, 3.8) is 0 Å². The number of ether oxygens (including phenoxy) is 2. The molecule has 7 nitrogen and oxygen atoms in total. The largest absolute Gasteiger partial charge is 0.451 e. The van der Waals surface area contributed by atoms with Gasteiger partial charge in [0.05, 0.1) is 11.7 Å². The Morgan fingerprint density at radius 1 is 1.02 bits per heavy atom. The Hall–Kier alpha value is -4.43. The van der Waals surface area contributed by atoms with Gasteiger partial charge in [0.2, 0.25) is 0 Å². The topological polar surface area (TPSA) is 104 Å². The fourth-order valence-corrected chi connectivity index (χ4v) is 5.68. The molecule has 3 N–H and O–H groups in total. The van der Waals surface area contributed by atoms with Gasteiger partial charge in [-0.3, -0.25) is 0 Å². The van der Waals surface area contributed by atoms with Gasteiger partial charge in [0, 0.05) is 5.92 Å². The first-order valence-electron chi connectivity index (χ1n) is 13.0. The molecule has 0 aliphatic heterocycles. The summed E-state index contributed by atoms with van der Waals surface area (Å²) in [6.07, 6.45) is 1.31. The van der Waals surface area contributed by atoms with E-state index >= 15 is 0 Å². The number of carbonyl (C=O) groups excluding carboxylic acids is 2. The van der Waals surface area contributed by atoms with Gasteiger partial charge in [0.25, 0.3) is 0 Å². The monoisotopic (exact) mass is 553 g/mol. The number of thiazole rings is 1. The summed E-state index contributed by atoms with van der Waals surface area (Å²) in [5, 5.41) is 3.14. The van der Waals surface area contributed by atoms with Gasteiger partial charge in [-0.15, -0.1) is 0 Å². The third-order valence-electron chi connectivity index (χ3n) is 6.95. The Bertz CT molecular complexity index is 1500. The number of hydrogen-bond acceptors (Lipinski definition) is 7. The zero-order valence-corrected chi connectivity index (χ0v) is 23.2. The molecule has 0 unspecified atom stereocenters. The number of aromatic nitrogens is 1. The molecule has 0 bridgehead atoms. The van der Waals surface area contributed by atoms with E-state index in [0.29, 0.717) is 12.1 Å². The smallest absolute Gasteiger partial charge is 0.407 e. The molecule has 40 heavy (non-hydrogen) atoms. The molecule has 1 aliphatic rings. The molecule has 1 amide bonds. The summed E-state index contributed by atoms with van der Waals surface area (Å²) in [6.45, 7) is 7.37. The number of benzene rings is 3. The van der Waals surface area contributed by atoms with Crippen molar-refractivity contribution in [2.75, 3.05) is 12.3 Å². The second-order valence-electron chi connectivity index (χ2n) is 10.2. The highest BCUT2D eigenvalue weighted by molar-refractivity contribution is 7.17. The Labute approximate surface area is 237 Å². The average molecular weight is 554 g/mol. The standard InChI is InChI=1S/C32H31N3O4S/c1-4-32(2,3)39-29(36)28-27(35-30(33)40-28)26(18-20-12-6-5-7-13-20)34-31(37)38-19-25-23-16-10-8-14-21(23)22-15-9-11-17-24(22)25/h4-17,25-26H,1,18-19H2,2-3H3,(H2,33,35)(H,34,37)/t26-/m0/s1. The van der Waals surface area contributed by atoms with Crippen LogP contribution in [0, 0.1) is 0 Å². The summed E-state index contributed by atoms with van der Waals surface area (Å²) >= 11 is 1.02. The molecule has 1 aliphatic carbocycles. The van der Waals surface area contributed by atoms with Crippen LogP contribution in [0.3, 0.4) is 0 Å². The summed E-state index contributed by atoms with van der Waals surface area (Å²) in [7, 11) is 0. The van der Waals surface area contributed by atoms with E-state index in [1.807, 2.05) is 54.6 Å². The molecule has 0 fully saturated rings. The molecule has 0 radical (unpaired) electrons. The van der Waals surface area contributed by atoms with Crippen LogP contribution in [-0.4, -0.2) is 29.3 Å². The number of nitrogens with zero attached hydrogens (tertiary/aromatic N) is 1. The van der Waals surface area contributed by atoms with Crippen LogP contribution in [0.1, 0.15) is 57.9 Å². The first-order chi connectivity index (χ1) is 19.3. The van der Waals surface area contributed by atoms with E-state index in [9.17, 15) is 9.59 Å². The molecular weight excluding hydrogens is 522 g/mol. The van der Waals surface area contributed by atoms with Gasteiger partial charge in [-0.1, -0.05) is 96.8 Å². The van der Waals surface area contributed by atoms with E-state index in [1.54, 1.807) is 19.9 Å². The van der Waals surface area contributed by atoms with Crippen molar-refractivity contribution in [3.8, 4) is 11.1 Å². The van der Waals surface area contributed by atoms with Crippen LogP contribution in [0.15, 0.2) is 91.5 Å². The van der Waals surface area contributed by atoms with Crippen LogP contribution >= 0.6 is 11.3 Å². The number of rotatable bonds is 9. The summed E-state index contributed by atoms with van der Waals surface area (Å²) in [6, 6.07) is 25.3. The van der Waals surface area contributed by atoms with Gasteiger partial charge < -0.3 is 20.5 Å². The minimum Gasteiger partial charge on any atom is -0.451 e. The van der Waals surface area contributed by atoms with Gasteiger partial charge in [0.1, 0.15) is 17.1 Å². The highest BCUT2D eigenvalue weighted by atomic mass is 32.1. The lowest BCUT2D eigenvalue weighted by Crippen LogP contribution is -2.33. The Morgan fingerprint density at radius 2 is 1.62 bits per heavy atom. The maximum absolute atomic E-state index is 13.2. The number of carbonyl (C=O) groups is 2. The molecule has 8 heteroatoms. The third-order valence-corrected chi connectivity index (χ3v) is 7.83. The summed E-state index contributed by atoms with van der Waals surface area (Å²) in [5.74, 6) is -0.659. The van der Waals surface area contributed by atoms with Crippen LogP contribution in [0.4, 0.5) is 9.93 Å². The quantitative estimate of drug-likeness (QED) is 0.177. The SMILES string of the molecule is C=CC(C)(C)OC(=O)c1sc(N)nc1[C@H](Cc1ccccc1)NC(=O)OCC1c2ccccc2-c2ccccc21. The van der Waals surface area contributed by atoms with Crippen LogP contribution in [0.2, 0.25) is 0 Å². The van der Waals surface area contributed by atoms with Crippen LogP contribution in [0.5, 0.6) is 0 Å². The maximum atomic E-state index is 13.2. The number of nitrogen functional groups attached to an aromatic ring is 1. The first-order valence-corrected chi connectivity index (χ1v) is 13.9. The number of fused-ring (bicyclic) bond motifs is 3. The molecule has 1 aromatic heterocycles. The third kappa shape index (κ3) is 5.77. The van der Waals surface area contributed by atoms with Crippen molar-refractivity contribution in [1.29, 1.82) is 0 Å². The zero-order valence-electron chi connectivity index (χ0n) is 22.4. The molecule has 0 saturated carbocycles. The number of anilines is 1. The van der Waals surface area contributed by atoms with Crippen molar-refractivity contribution in [2.24, 2.45) is 0 Å². The number of alkyl carbamates (subject to hydrolysis) is 1. The predicted octanol–water partition coefficient (Wildman–Crippen LogP) is 6.67. The van der Waals surface area contributed by atoms with Crippen molar-refractivity contribution in [1.82, 2.24) is 10.3 Å².